The Balaban J connectivity index is 1.60. The fourth-order valence-electron chi connectivity index (χ4n) is 5.25. The number of allylic oxidation sites excluding steroid dienone is 2. The van der Waals surface area contributed by atoms with E-state index in [1.807, 2.05) is 32.0 Å². The minimum absolute atomic E-state index is 0.0339. The van der Waals surface area contributed by atoms with Crippen LogP contribution in [0.3, 0.4) is 0 Å². The van der Waals surface area contributed by atoms with Gasteiger partial charge in [0.15, 0.2) is 0 Å². The number of amides is 2. The second kappa shape index (κ2) is 3.89. The number of rotatable bonds is 1. The minimum atomic E-state index is -0.105. The number of imide groups is 1. The molecule has 1 aromatic rings. The molecule has 0 aromatic heterocycles. The Hall–Kier alpha value is -1.90. The first-order chi connectivity index (χ1) is 10.6. The number of aryl methyl sites for hydroxylation is 2. The molecule has 1 heterocycles. The molecule has 3 fully saturated rings. The van der Waals surface area contributed by atoms with E-state index in [0.29, 0.717) is 23.7 Å². The molecule has 0 spiro atoms. The lowest BCUT2D eigenvalue weighted by Crippen LogP contribution is -2.40. The van der Waals surface area contributed by atoms with E-state index < -0.39 is 0 Å². The summed E-state index contributed by atoms with van der Waals surface area (Å²) >= 11 is 0. The molecule has 0 radical (unpaired) electrons. The third-order valence-corrected chi connectivity index (χ3v) is 6.26. The molecule has 22 heavy (non-hydrogen) atoms. The summed E-state index contributed by atoms with van der Waals surface area (Å²) < 4.78 is 0. The largest absolute Gasteiger partial charge is 0.274 e. The second-order valence-electron chi connectivity index (χ2n) is 7.46. The summed E-state index contributed by atoms with van der Waals surface area (Å²) in [4.78, 5) is 27.5. The van der Waals surface area contributed by atoms with Crippen LogP contribution in [-0.4, -0.2) is 11.8 Å². The monoisotopic (exact) mass is 293 g/mol. The smallest absolute Gasteiger partial charge is 0.238 e. The normalized spacial score (nSPS) is 40.9. The molecule has 1 aliphatic heterocycles. The molecule has 1 saturated heterocycles. The summed E-state index contributed by atoms with van der Waals surface area (Å²) in [6.45, 7) is 4.01. The molecule has 4 aliphatic carbocycles. The van der Waals surface area contributed by atoms with E-state index in [9.17, 15) is 9.59 Å². The number of carbonyl (C=O) groups is 2. The van der Waals surface area contributed by atoms with Gasteiger partial charge in [-0.15, -0.1) is 0 Å². The Morgan fingerprint density at radius 1 is 0.955 bits per heavy atom. The summed E-state index contributed by atoms with van der Waals surface area (Å²) in [5.74, 6) is 1.77. The van der Waals surface area contributed by atoms with E-state index in [2.05, 4.69) is 12.2 Å². The molecule has 3 heteroatoms. The molecule has 2 amide bonds. The van der Waals surface area contributed by atoms with Gasteiger partial charge in [0, 0.05) is 0 Å². The van der Waals surface area contributed by atoms with Crippen LogP contribution in [0.1, 0.15) is 17.5 Å². The first kappa shape index (κ1) is 12.6. The first-order valence-corrected chi connectivity index (χ1v) is 8.21. The van der Waals surface area contributed by atoms with Gasteiger partial charge in [0.05, 0.1) is 17.5 Å². The Morgan fingerprint density at radius 3 is 2.09 bits per heavy atom. The van der Waals surface area contributed by atoms with Crippen LogP contribution < -0.4 is 4.90 Å². The third kappa shape index (κ3) is 1.37. The lowest BCUT2D eigenvalue weighted by atomic mass is 9.63. The predicted octanol–water partition coefficient (Wildman–Crippen LogP) is 2.86. The van der Waals surface area contributed by atoms with E-state index >= 15 is 0 Å². The molecule has 5 aliphatic rings. The zero-order chi connectivity index (χ0) is 15.2. The van der Waals surface area contributed by atoms with Crippen molar-refractivity contribution >= 4 is 17.5 Å². The Kier molecular flexibility index (Phi) is 2.23. The molecule has 112 valence electrons. The fraction of sp³-hybridized carbons (Fsp3) is 0.474. The number of carbonyl (C=O) groups excluding carboxylic acids is 2. The van der Waals surface area contributed by atoms with E-state index in [1.54, 1.807) is 0 Å². The summed E-state index contributed by atoms with van der Waals surface area (Å²) in [5.41, 5.74) is 2.94. The van der Waals surface area contributed by atoms with Crippen molar-refractivity contribution in [3.63, 3.8) is 0 Å². The van der Waals surface area contributed by atoms with Crippen LogP contribution >= 0.6 is 0 Å². The van der Waals surface area contributed by atoms with Crippen molar-refractivity contribution < 1.29 is 9.59 Å². The summed E-state index contributed by atoms with van der Waals surface area (Å²) in [6, 6.07) is 5.95. The molecular formula is C19H19NO2. The van der Waals surface area contributed by atoms with Crippen molar-refractivity contribution in [2.24, 2.45) is 35.5 Å². The molecule has 0 unspecified atom stereocenters. The van der Waals surface area contributed by atoms with Crippen LogP contribution in [0.4, 0.5) is 5.69 Å². The molecule has 3 nitrogen and oxygen atoms in total. The fourth-order valence-corrected chi connectivity index (χ4v) is 5.25. The van der Waals surface area contributed by atoms with Crippen molar-refractivity contribution in [2.75, 3.05) is 4.90 Å². The van der Waals surface area contributed by atoms with Gasteiger partial charge >= 0.3 is 0 Å². The van der Waals surface area contributed by atoms with Crippen LogP contribution in [-0.2, 0) is 9.59 Å². The topological polar surface area (TPSA) is 37.4 Å². The standard InChI is InChI=1S/C19H19NO2/c1-9-3-6-15(10(2)7-9)20-18(21)16-11-4-5-12(14-8-13(11)14)17(16)19(20)22/h3-7,11-14,16-17H,8H2,1-2H3/t11-,12-,13-,14-,16-,17+/m1/s1. The number of hydrogen-bond donors (Lipinski definition) is 0. The minimum Gasteiger partial charge on any atom is -0.274 e. The van der Waals surface area contributed by atoms with Gasteiger partial charge in [0.2, 0.25) is 11.8 Å². The van der Waals surface area contributed by atoms with Crippen LogP contribution in [0, 0.1) is 49.4 Å². The molecule has 0 N–H and O–H groups in total. The third-order valence-electron chi connectivity index (χ3n) is 6.26. The molecular weight excluding hydrogens is 274 g/mol. The Bertz CT molecular complexity index is 714. The molecule has 1 aromatic carbocycles. The second-order valence-corrected chi connectivity index (χ2v) is 7.46. The van der Waals surface area contributed by atoms with Gasteiger partial charge in [-0.1, -0.05) is 29.8 Å². The van der Waals surface area contributed by atoms with Gasteiger partial charge in [0.25, 0.3) is 0 Å². The van der Waals surface area contributed by atoms with E-state index in [1.165, 1.54) is 11.3 Å². The average Bonchev–Trinajstić information content (AvgIpc) is 3.26. The van der Waals surface area contributed by atoms with Gasteiger partial charge in [0.1, 0.15) is 0 Å². The highest BCUT2D eigenvalue weighted by atomic mass is 16.2. The molecule has 6 rings (SSSR count). The van der Waals surface area contributed by atoms with Crippen molar-refractivity contribution in [1.29, 1.82) is 0 Å². The maximum Gasteiger partial charge on any atom is 0.238 e. The average molecular weight is 293 g/mol. The molecule has 2 bridgehead atoms. The highest BCUT2D eigenvalue weighted by Crippen LogP contribution is 2.65. The molecule has 6 atom stereocenters. The van der Waals surface area contributed by atoms with Gasteiger partial charge in [-0.2, -0.15) is 0 Å². The Morgan fingerprint density at radius 2 is 1.55 bits per heavy atom. The number of benzene rings is 1. The van der Waals surface area contributed by atoms with Crippen LogP contribution in [0.25, 0.3) is 0 Å². The lowest BCUT2D eigenvalue weighted by Gasteiger charge is -2.37. The highest BCUT2D eigenvalue weighted by molar-refractivity contribution is 6.23. The van der Waals surface area contributed by atoms with Gasteiger partial charge < -0.3 is 0 Å². The van der Waals surface area contributed by atoms with Gasteiger partial charge in [-0.05, 0) is 55.6 Å². The van der Waals surface area contributed by atoms with Crippen LogP contribution in [0.5, 0.6) is 0 Å². The molecule has 2 saturated carbocycles. The lowest BCUT2D eigenvalue weighted by molar-refractivity contribution is -0.124. The quantitative estimate of drug-likeness (QED) is 0.590. The SMILES string of the molecule is Cc1ccc(N2C(=O)[C@@H]3[C@@H]4C=C[C@H]([C@H]5C[C@H]45)[C@@H]3C2=O)c(C)c1. The number of hydrogen-bond acceptors (Lipinski definition) is 2. The van der Waals surface area contributed by atoms with Crippen molar-refractivity contribution in [2.45, 2.75) is 20.3 Å². The van der Waals surface area contributed by atoms with Crippen LogP contribution in [0.2, 0.25) is 0 Å². The van der Waals surface area contributed by atoms with Crippen LogP contribution in [0.15, 0.2) is 30.4 Å². The zero-order valence-corrected chi connectivity index (χ0v) is 12.8. The van der Waals surface area contributed by atoms with Crippen molar-refractivity contribution in [3.05, 3.63) is 41.5 Å². The van der Waals surface area contributed by atoms with Gasteiger partial charge in [-0.25, -0.2) is 4.90 Å². The maximum absolute atomic E-state index is 13.0. The maximum atomic E-state index is 13.0. The van der Waals surface area contributed by atoms with Crippen molar-refractivity contribution in [3.8, 4) is 0 Å². The summed E-state index contributed by atoms with van der Waals surface area (Å²) in [5, 5.41) is 0. The van der Waals surface area contributed by atoms with E-state index in [4.69, 9.17) is 0 Å². The highest BCUT2D eigenvalue weighted by Gasteiger charge is 2.67. The predicted molar refractivity (Wildman–Crippen MR) is 83.1 cm³/mol. The Labute approximate surface area is 130 Å². The van der Waals surface area contributed by atoms with E-state index in [-0.39, 0.29) is 23.7 Å². The van der Waals surface area contributed by atoms with Gasteiger partial charge in [-0.3, -0.25) is 9.59 Å². The van der Waals surface area contributed by atoms with Crippen molar-refractivity contribution in [1.82, 2.24) is 0 Å². The first-order valence-electron chi connectivity index (χ1n) is 8.21. The number of anilines is 1. The summed E-state index contributed by atoms with van der Waals surface area (Å²) in [7, 11) is 0. The zero-order valence-electron chi connectivity index (χ0n) is 12.8. The summed E-state index contributed by atoms with van der Waals surface area (Å²) in [6.07, 6.45) is 5.65. The number of nitrogens with zero attached hydrogens (tertiary/aromatic N) is 1. The van der Waals surface area contributed by atoms with E-state index in [0.717, 1.165) is 16.8 Å².